The van der Waals surface area contributed by atoms with Crippen molar-refractivity contribution < 1.29 is 36.8 Å². The normalized spacial score (nSPS) is 13.7. The van der Waals surface area contributed by atoms with Crippen molar-refractivity contribution in [2.75, 3.05) is 13.2 Å². The van der Waals surface area contributed by atoms with Crippen molar-refractivity contribution >= 4 is 36.9 Å². The highest BCUT2D eigenvalue weighted by Gasteiger charge is 2.38. The van der Waals surface area contributed by atoms with E-state index in [2.05, 4.69) is 15.5 Å². The number of ether oxygens (including phenoxy) is 2. The molecule has 14 heteroatoms. The maximum absolute atomic E-state index is 14.9. The van der Waals surface area contributed by atoms with E-state index >= 15 is 0 Å². The number of halogens is 2. The smallest absolute Gasteiger partial charge is 0.475 e. The predicted molar refractivity (Wildman–Crippen MR) is 149 cm³/mol. The van der Waals surface area contributed by atoms with E-state index in [1.54, 1.807) is 69.2 Å². The van der Waals surface area contributed by atoms with Crippen LogP contribution in [-0.4, -0.2) is 52.3 Å². The molecule has 0 radical (unpaired) electrons. The van der Waals surface area contributed by atoms with E-state index in [1.807, 2.05) is 0 Å². The lowest BCUT2D eigenvalue weighted by Crippen LogP contribution is -2.44. The number of nitrogens with one attached hydrogen (secondary N) is 1. The topological polar surface area (TPSA) is 118 Å². The van der Waals surface area contributed by atoms with Gasteiger partial charge in [0, 0.05) is 11.6 Å². The molecule has 10 nitrogen and oxygen atoms in total. The highest BCUT2D eigenvalue weighted by atomic mass is 35.5. The van der Waals surface area contributed by atoms with Crippen molar-refractivity contribution in [2.45, 2.75) is 92.1 Å². The van der Waals surface area contributed by atoms with E-state index in [0.29, 0.717) is 15.6 Å². The van der Waals surface area contributed by atoms with Crippen molar-refractivity contribution in [1.29, 1.82) is 0 Å². The quantitative estimate of drug-likeness (QED) is 0.276. The standard InChI is InChI=1S/C25H38ClFN3O7PS/c1-15-29-30-21(39-15)17-11-19(27)20(12-18(17)26)33-13-16(28-22(31)35-23(2,3)4)14-34-38(32,36-24(5,6)7)37-25(8,9)10/h11-12,16H,13-14H2,1-10H3,(H,28,31). The van der Waals surface area contributed by atoms with Crippen LogP contribution in [0.1, 0.15) is 67.3 Å². The van der Waals surface area contributed by atoms with Crippen LogP contribution in [0.15, 0.2) is 12.1 Å². The van der Waals surface area contributed by atoms with E-state index in [1.165, 1.54) is 23.5 Å². The third-order valence-corrected chi connectivity index (χ3v) is 7.34. The second-order valence-corrected chi connectivity index (χ2v) is 14.8. The number of benzene rings is 1. The second kappa shape index (κ2) is 12.8. The molecular formula is C25H38ClFN3O7PS. The fourth-order valence-corrected chi connectivity index (χ4v) is 5.80. The van der Waals surface area contributed by atoms with Crippen LogP contribution < -0.4 is 10.1 Å². The van der Waals surface area contributed by atoms with Gasteiger partial charge in [-0.3, -0.25) is 13.6 Å². The Morgan fingerprint density at radius 1 is 1.03 bits per heavy atom. The molecule has 0 saturated heterocycles. The largest absolute Gasteiger partial charge is 0.488 e. The fourth-order valence-electron chi connectivity index (χ4n) is 2.93. The SMILES string of the molecule is Cc1nnc(-c2cc(F)c(OCC(COP(=O)(OC(C)(C)C)OC(C)(C)C)NC(=O)OC(C)(C)C)cc2Cl)s1. The zero-order valence-electron chi connectivity index (χ0n) is 24.0. The average Bonchev–Trinajstić information content (AvgIpc) is 3.13. The Hall–Kier alpha value is -1.82. The van der Waals surface area contributed by atoms with Gasteiger partial charge in [-0.05, 0) is 75.3 Å². The fraction of sp³-hybridized carbons (Fsp3) is 0.640. The van der Waals surface area contributed by atoms with Crippen LogP contribution in [0.2, 0.25) is 5.02 Å². The molecule has 1 amide bonds. The molecule has 1 atom stereocenters. The van der Waals surface area contributed by atoms with Gasteiger partial charge in [0.15, 0.2) is 11.6 Å². The molecule has 1 unspecified atom stereocenters. The average molecular weight is 610 g/mol. The van der Waals surface area contributed by atoms with Gasteiger partial charge in [-0.1, -0.05) is 22.9 Å². The summed E-state index contributed by atoms with van der Waals surface area (Å²) < 4.78 is 56.3. The van der Waals surface area contributed by atoms with Crippen molar-refractivity contribution in [3.8, 4) is 16.3 Å². The van der Waals surface area contributed by atoms with Crippen molar-refractivity contribution in [1.82, 2.24) is 15.5 Å². The molecule has 0 aliphatic heterocycles. The first-order chi connectivity index (χ1) is 17.6. The van der Waals surface area contributed by atoms with Gasteiger partial charge in [0.2, 0.25) is 0 Å². The first kappa shape index (κ1) is 33.4. The van der Waals surface area contributed by atoms with Crippen LogP contribution in [0.3, 0.4) is 0 Å². The van der Waals surface area contributed by atoms with Crippen molar-refractivity contribution in [3.63, 3.8) is 0 Å². The van der Waals surface area contributed by atoms with Crippen LogP contribution >= 0.6 is 30.8 Å². The molecule has 2 rings (SSSR count). The Bertz CT molecular complexity index is 1170. The minimum absolute atomic E-state index is 0.166. The number of phosphoric ester groups is 1. The van der Waals surface area contributed by atoms with Crippen LogP contribution in [0.5, 0.6) is 5.75 Å². The number of rotatable bonds is 10. The molecule has 0 saturated carbocycles. The van der Waals surface area contributed by atoms with Crippen LogP contribution in [0.4, 0.5) is 9.18 Å². The van der Waals surface area contributed by atoms with Crippen LogP contribution in [0.25, 0.3) is 10.6 Å². The molecular weight excluding hydrogens is 572 g/mol. The summed E-state index contributed by atoms with van der Waals surface area (Å²) in [7, 11) is -4.11. The van der Waals surface area contributed by atoms with E-state index in [9.17, 15) is 13.8 Å². The minimum atomic E-state index is -4.11. The number of amides is 1. The lowest BCUT2D eigenvalue weighted by atomic mass is 10.2. The summed E-state index contributed by atoms with van der Waals surface area (Å²) >= 11 is 7.64. The molecule has 0 fully saturated rings. The number of phosphoric acid groups is 1. The lowest BCUT2D eigenvalue weighted by molar-refractivity contribution is -0.00234. The summed E-state index contributed by atoms with van der Waals surface area (Å²) in [5.41, 5.74) is -2.13. The third-order valence-electron chi connectivity index (χ3n) is 4.14. The van der Waals surface area contributed by atoms with E-state index < -0.39 is 42.6 Å². The van der Waals surface area contributed by atoms with Gasteiger partial charge in [-0.2, -0.15) is 0 Å². The third kappa shape index (κ3) is 12.1. The number of hydrogen-bond donors (Lipinski definition) is 1. The molecule has 1 heterocycles. The first-order valence-corrected chi connectivity index (χ1v) is 14.9. The summed E-state index contributed by atoms with van der Waals surface area (Å²) in [5, 5.41) is 11.9. The van der Waals surface area contributed by atoms with Gasteiger partial charge in [0.1, 0.15) is 22.2 Å². The van der Waals surface area contributed by atoms with Crippen LogP contribution in [0, 0.1) is 12.7 Å². The summed E-state index contributed by atoms with van der Waals surface area (Å²) in [6.07, 6.45) is -0.775. The predicted octanol–water partition coefficient (Wildman–Crippen LogP) is 7.33. The molecule has 0 bridgehead atoms. The van der Waals surface area contributed by atoms with E-state index in [4.69, 9.17) is 34.6 Å². The second-order valence-electron chi connectivity index (χ2n) is 11.7. The summed E-state index contributed by atoms with van der Waals surface area (Å²) in [5.74, 6) is -0.863. The molecule has 2 aromatic rings. The molecule has 1 N–H and O–H groups in total. The molecule has 0 aliphatic rings. The molecule has 1 aromatic carbocycles. The van der Waals surface area contributed by atoms with Crippen molar-refractivity contribution in [3.05, 3.63) is 28.0 Å². The number of carbonyl (C=O) groups excluding carboxylic acids is 1. The Morgan fingerprint density at radius 2 is 1.62 bits per heavy atom. The Kier molecular flexibility index (Phi) is 10.9. The zero-order chi connectivity index (χ0) is 29.8. The van der Waals surface area contributed by atoms with Gasteiger partial charge >= 0.3 is 13.9 Å². The van der Waals surface area contributed by atoms with E-state index in [-0.39, 0.29) is 24.0 Å². The Morgan fingerprint density at radius 3 is 2.10 bits per heavy atom. The molecule has 0 spiro atoms. The monoisotopic (exact) mass is 609 g/mol. The number of nitrogens with zero attached hydrogens (tertiary/aromatic N) is 2. The number of hydrogen-bond acceptors (Lipinski definition) is 10. The first-order valence-electron chi connectivity index (χ1n) is 12.2. The summed E-state index contributed by atoms with van der Waals surface area (Å²) in [6.45, 7) is 16.5. The zero-order valence-corrected chi connectivity index (χ0v) is 26.5. The summed E-state index contributed by atoms with van der Waals surface area (Å²) in [4.78, 5) is 12.5. The highest BCUT2D eigenvalue weighted by molar-refractivity contribution is 7.48. The highest BCUT2D eigenvalue weighted by Crippen LogP contribution is 2.55. The number of aryl methyl sites for hydroxylation is 1. The van der Waals surface area contributed by atoms with Crippen molar-refractivity contribution in [2.24, 2.45) is 0 Å². The Balaban J connectivity index is 2.25. The van der Waals surface area contributed by atoms with E-state index in [0.717, 1.165) is 0 Å². The maximum Gasteiger partial charge on any atom is 0.475 e. The maximum atomic E-state index is 14.9. The number of carbonyl (C=O) groups is 1. The van der Waals surface area contributed by atoms with Gasteiger partial charge in [-0.15, -0.1) is 10.2 Å². The van der Waals surface area contributed by atoms with Crippen LogP contribution in [-0.2, 0) is 22.9 Å². The van der Waals surface area contributed by atoms with Gasteiger partial charge < -0.3 is 14.8 Å². The number of alkyl carbamates (subject to hydrolysis) is 1. The molecule has 39 heavy (non-hydrogen) atoms. The number of aromatic nitrogens is 2. The molecule has 0 aliphatic carbocycles. The molecule has 220 valence electrons. The van der Waals surface area contributed by atoms with Gasteiger partial charge in [0.25, 0.3) is 0 Å². The molecule has 1 aromatic heterocycles. The van der Waals surface area contributed by atoms with Gasteiger partial charge in [-0.25, -0.2) is 13.8 Å². The Labute approximate surface area is 238 Å². The lowest BCUT2D eigenvalue weighted by Gasteiger charge is -2.32. The summed E-state index contributed by atoms with van der Waals surface area (Å²) in [6, 6.07) is 1.57. The minimum Gasteiger partial charge on any atom is -0.488 e. The van der Waals surface area contributed by atoms with Gasteiger partial charge in [0.05, 0.1) is 28.9 Å².